The van der Waals surface area contributed by atoms with Gasteiger partial charge in [-0.2, -0.15) is 0 Å². The van der Waals surface area contributed by atoms with Crippen LogP contribution in [0.1, 0.15) is 24.0 Å². The molecule has 0 N–H and O–H groups in total. The van der Waals surface area contributed by atoms with Crippen LogP contribution in [0.2, 0.25) is 0 Å². The third-order valence-corrected chi connectivity index (χ3v) is 6.85. The van der Waals surface area contributed by atoms with Crippen molar-refractivity contribution in [2.45, 2.75) is 25.8 Å². The van der Waals surface area contributed by atoms with E-state index in [0.717, 1.165) is 37.9 Å². The van der Waals surface area contributed by atoms with Crippen molar-refractivity contribution in [2.24, 2.45) is 5.92 Å². The van der Waals surface area contributed by atoms with E-state index < -0.39 is 10.0 Å². The van der Waals surface area contributed by atoms with Crippen molar-refractivity contribution in [1.29, 1.82) is 0 Å². The summed E-state index contributed by atoms with van der Waals surface area (Å²) < 4.78 is 29.9. The fraction of sp³-hybridized carbons (Fsp3) is 0.435. The molecular formula is C23H30N2O4S. The molecule has 0 aromatic heterocycles. The van der Waals surface area contributed by atoms with Crippen LogP contribution in [0.5, 0.6) is 5.75 Å². The van der Waals surface area contributed by atoms with Crippen molar-refractivity contribution in [1.82, 2.24) is 9.21 Å². The lowest BCUT2D eigenvalue weighted by molar-refractivity contribution is -0.134. The zero-order valence-corrected chi connectivity index (χ0v) is 18.5. The SMILES string of the molecule is CN(Cc1ccc(OCC(=O)N2CCC(Cc3ccccc3)CC2)cc1)S(C)(=O)=O. The van der Waals surface area contributed by atoms with E-state index in [0.29, 0.717) is 18.2 Å². The zero-order chi connectivity index (χ0) is 21.6. The number of carbonyl (C=O) groups is 1. The van der Waals surface area contributed by atoms with Crippen LogP contribution in [0.4, 0.5) is 0 Å². The lowest BCUT2D eigenvalue weighted by atomic mass is 9.90. The zero-order valence-electron chi connectivity index (χ0n) is 17.7. The van der Waals surface area contributed by atoms with E-state index in [9.17, 15) is 13.2 Å². The normalized spacial score (nSPS) is 15.4. The molecule has 1 amide bonds. The number of sulfonamides is 1. The second-order valence-corrected chi connectivity index (χ2v) is 10.1. The highest BCUT2D eigenvalue weighted by Gasteiger charge is 2.23. The van der Waals surface area contributed by atoms with Crippen molar-refractivity contribution >= 4 is 15.9 Å². The van der Waals surface area contributed by atoms with Crippen LogP contribution < -0.4 is 4.74 Å². The highest BCUT2D eigenvalue weighted by molar-refractivity contribution is 7.88. The van der Waals surface area contributed by atoms with E-state index in [-0.39, 0.29) is 12.5 Å². The number of benzene rings is 2. The van der Waals surface area contributed by atoms with E-state index in [1.165, 1.54) is 16.1 Å². The van der Waals surface area contributed by atoms with Crippen molar-refractivity contribution in [2.75, 3.05) is 33.0 Å². The Bertz CT molecular complexity index is 921. The fourth-order valence-corrected chi connectivity index (χ4v) is 4.02. The average molecular weight is 431 g/mol. The molecule has 1 aliphatic rings. The number of hydrogen-bond acceptors (Lipinski definition) is 4. The monoisotopic (exact) mass is 430 g/mol. The molecule has 30 heavy (non-hydrogen) atoms. The first-order chi connectivity index (χ1) is 14.3. The molecule has 6 nitrogen and oxygen atoms in total. The van der Waals surface area contributed by atoms with Gasteiger partial charge in [0.15, 0.2) is 6.61 Å². The van der Waals surface area contributed by atoms with Gasteiger partial charge in [0.25, 0.3) is 5.91 Å². The Balaban J connectivity index is 1.41. The Morgan fingerprint density at radius 1 is 1.03 bits per heavy atom. The van der Waals surface area contributed by atoms with Crippen molar-refractivity contribution in [3.63, 3.8) is 0 Å². The van der Waals surface area contributed by atoms with Crippen LogP contribution in [0.25, 0.3) is 0 Å². The smallest absolute Gasteiger partial charge is 0.260 e. The molecule has 162 valence electrons. The molecule has 0 saturated carbocycles. The molecule has 7 heteroatoms. The van der Waals surface area contributed by atoms with Crippen LogP contribution in [0.3, 0.4) is 0 Å². The Hall–Kier alpha value is -2.38. The predicted molar refractivity (Wildman–Crippen MR) is 118 cm³/mol. The van der Waals surface area contributed by atoms with Crippen LogP contribution in [-0.2, 0) is 27.8 Å². The number of amides is 1. The summed E-state index contributed by atoms with van der Waals surface area (Å²) >= 11 is 0. The van der Waals surface area contributed by atoms with Gasteiger partial charge in [-0.1, -0.05) is 42.5 Å². The molecule has 0 spiro atoms. The standard InChI is InChI=1S/C23H30N2O4S/c1-24(30(2,27)28)17-21-8-10-22(11-9-21)29-18-23(26)25-14-12-20(13-15-25)16-19-6-4-3-5-7-19/h3-11,20H,12-18H2,1-2H3. The third kappa shape index (κ3) is 6.57. The summed E-state index contributed by atoms with van der Waals surface area (Å²) in [6, 6.07) is 17.7. The maximum absolute atomic E-state index is 12.5. The molecule has 0 aliphatic carbocycles. The molecule has 0 radical (unpaired) electrons. The van der Waals surface area contributed by atoms with E-state index >= 15 is 0 Å². The van der Waals surface area contributed by atoms with Crippen LogP contribution in [-0.4, -0.2) is 56.5 Å². The van der Waals surface area contributed by atoms with Gasteiger partial charge in [-0.05, 0) is 48.4 Å². The molecule has 3 rings (SSSR count). The first-order valence-corrected chi connectivity index (χ1v) is 12.1. The van der Waals surface area contributed by atoms with Gasteiger partial charge in [-0.15, -0.1) is 0 Å². The fourth-order valence-electron chi connectivity index (χ4n) is 3.64. The summed E-state index contributed by atoms with van der Waals surface area (Å²) in [5.74, 6) is 1.23. The largest absolute Gasteiger partial charge is 0.484 e. The number of hydrogen-bond donors (Lipinski definition) is 0. The lowest BCUT2D eigenvalue weighted by Crippen LogP contribution is -2.41. The van der Waals surface area contributed by atoms with Gasteiger partial charge in [0, 0.05) is 26.7 Å². The average Bonchev–Trinajstić information content (AvgIpc) is 2.73. The molecule has 2 aromatic carbocycles. The maximum atomic E-state index is 12.5. The number of nitrogens with zero attached hydrogens (tertiary/aromatic N) is 2. The summed E-state index contributed by atoms with van der Waals surface area (Å²) in [5, 5.41) is 0. The van der Waals surface area contributed by atoms with Crippen LogP contribution in [0, 0.1) is 5.92 Å². The quantitative estimate of drug-likeness (QED) is 0.646. The van der Waals surface area contributed by atoms with Crippen LogP contribution >= 0.6 is 0 Å². The van der Waals surface area contributed by atoms with E-state index in [1.54, 1.807) is 19.2 Å². The molecule has 0 atom stereocenters. The minimum atomic E-state index is -3.22. The van der Waals surface area contributed by atoms with E-state index in [2.05, 4.69) is 24.3 Å². The molecule has 2 aromatic rings. The lowest BCUT2D eigenvalue weighted by Gasteiger charge is -2.32. The summed E-state index contributed by atoms with van der Waals surface area (Å²) in [6.07, 6.45) is 4.28. The predicted octanol–water partition coefficient (Wildman–Crippen LogP) is 2.94. The second kappa shape index (κ2) is 10.1. The number of carbonyl (C=O) groups excluding carboxylic acids is 1. The van der Waals surface area contributed by atoms with Gasteiger partial charge in [0.2, 0.25) is 10.0 Å². The van der Waals surface area contributed by atoms with Gasteiger partial charge in [-0.25, -0.2) is 12.7 Å². The Labute approximate surface area is 179 Å². The highest BCUT2D eigenvalue weighted by atomic mass is 32.2. The van der Waals surface area contributed by atoms with Crippen molar-refractivity contribution in [3.8, 4) is 5.75 Å². The molecule has 1 saturated heterocycles. The molecule has 1 aliphatic heterocycles. The summed E-state index contributed by atoms with van der Waals surface area (Å²) in [6.45, 7) is 1.87. The first kappa shape index (κ1) is 22.3. The summed E-state index contributed by atoms with van der Waals surface area (Å²) in [5.41, 5.74) is 2.22. The van der Waals surface area contributed by atoms with Crippen molar-refractivity contribution < 1.29 is 17.9 Å². The Morgan fingerprint density at radius 2 is 1.67 bits per heavy atom. The topological polar surface area (TPSA) is 66.9 Å². The van der Waals surface area contributed by atoms with Gasteiger partial charge >= 0.3 is 0 Å². The molecule has 1 heterocycles. The number of ether oxygens (including phenoxy) is 1. The van der Waals surface area contributed by atoms with Gasteiger partial charge in [0.05, 0.1) is 6.26 Å². The van der Waals surface area contributed by atoms with Gasteiger partial charge in [-0.3, -0.25) is 4.79 Å². The number of piperidine rings is 1. The maximum Gasteiger partial charge on any atom is 0.260 e. The Kier molecular flexibility index (Phi) is 7.50. The highest BCUT2D eigenvalue weighted by Crippen LogP contribution is 2.22. The molecule has 0 bridgehead atoms. The van der Waals surface area contributed by atoms with E-state index in [1.807, 2.05) is 23.1 Å². The van der Waals surface area contributed by atoms with Gasteiger partial charge in [0.1, 0.15) is 5.75 Å². The Morgan fingerprint density at radius 3 is 2.27 bits per heavy atom. The first-order valence-electron chi connectivity index (χ1n) is 10.3. The second-order valence-electron chi connectivity index (χ2n) is 7.97. The van der Waals surface area contributed by atoms with E-state index in [4.69, 9.17) is 4.74 Å². The molecular weight excluding hydrogens is 400 g/mol. The minimum absolute atomic E-state index is 0.00838. The van der Waals surface area contributed by atoms with Crippen molar-refractivity contribution in [3.05, 3.63) is 65.7 Å². The number of likely N-dealkylation sites (tertiary alicyclic amines) is 1. The van der Waals surface area contributed by atoms with Gasteiger partial charge < -0.3 is 9.64 Å². The van der Waals surface area contributed by atoms with Crippen LogP contribution in [0.15, 0.2) is 54.6 Å². The summed E-state index contributed by atoms with van der Waals surface area (Å²) in [7, 11) is -1.67. The third-order valence-electron chi connectivity index (χ3n) is 5.59. The molecule has 0 unspecified atom stereocenters. The summed E-state index contributed by atoms with van der Waals surface area (Å²) in [4.78, 5) is 14.4. The minimum Gasteiger partial charge on any atom is -0.484 e. The molecule has 1 fully saturated rings. The number of rotatable bonds is 8.